The van der Waals surface area contributed by atoms with E-state index in [1.54, 1.807) is 12.1 Å². The minimum absolute atomic E-state index is 0.190. The molecule has 3 rings (SSSR count). The zero-order chi connectivity index (χ0) is 20.6. The molecule has 0 spiro atoms. The molecule has 0 aliphatic carbocycles. The summed E-state index contributed by atoms with van der Waals surface area (Å²) in [6.07, 6.45) is 0. The van der Waals surface area contributed by atoms with Gasteiger partial charge in [0.1, 0.15) is 11.3 Å². The highest BCUT2D eigenvalue weighted by atomic mass is 19.3. The fraction of sp³-hybridized carbons (Fsp3) is 0.0909. The first-order chi connectivity index (χ1) is 14.0. The minimum atomic E-state index is -3.08. The molecule has 0 aliphatic heterocycles. The number of amides is 1. The van der Waals surface area contributed by atoms with Crippen molar-refractivity contribution in [2.45, 2.75) is 6.61 Å². The molecule has 3 aromatic carbocycles. The summed E-state index contributed by atoms with van der Waals surface area (Å²) in [5.41, 5.74) is 2.09. The van der Waals surface area contributed by atoms with Crippen LogP contribution in [0.2, 0.25) is 0 Å². The highest BCUT2D eigenvalue weighted by Crippen LogP contribution is 2.27. The van der Waals surface area contributed by atoms with E-state index in [0.717, 1.165) is 11.1 Å². The van der Waals surface area contributed by atoms with Crippen molar-refractivity contribution in [1.29, 1.82) is 0 Å². The molecule has 0 radical (unpaired) electrons. The fourth-order valence-corrected chi connectivity index (χ4v) is 2.69. The smallest absolute Gasteiger partial charge is 0.387 e. The van der Waals surface area contributed by atoms with Gasteiger partial charge in [-0.05, 0) is 23.8 Å². The molecule has 0 bridgehead atoms. The average Bonchev–Trinajstić information content (AvgIpc) is 2.73. The lowest BCUT2D eigenvalue weighted by Crippen LogP contribution is -2.21. The van der Waals surface area contributed by atoms with Gasteiger partial charge in [-0.3, -0.25) is 4.79 Å². The molecule has 7 heteroatoms. The highest BCUT2D eigenvalue weighted by molar-refractivity contribution is 5.98. The lowest BCUT2D eigenvalue weighted by molar-refractivity contribution is -0.119. The van der Waals surface area contributed by atoms with Crippen LogP contribution in [0.15, 0.2) is 78.9 Å². The van der Waals surface area contributed by atoms with Crippen LogP contribution in [-0.2, 0) is 9.53 Å². The summed E-state index contributed by atoms with van der Waals surface area (Å²) in [4.78, 5) is 24.4. The molecule has 5 nitrogen and oxygen atoms in total. The number of benzene rings is 3. The Hall–Kier alpha value is -3.74. The second kappa shape index (κ2) is 9.45. The maximum Gasteiger partial charge on any atom is 0.387 e. The third-order valence-electron chi connectivity index (χ3n) is 3.94. The molecule has 0 unspecified atom stereocenters. The molecule has 1 N–H and O–H groups in total. The normalized spacial score (nSPS) is 10.4. The zero-order valence-corrected chi connectivity index (χ0v) is 15.2. The lowest BCUT2D eigenvalue weighted by Gasteiger charge is -2.12. The first-order valence-electron chi connectivity index (χ1n) is 8.70. The number of esters is 1. The van der Waals surface area contributed by atoms with E-state index in [1.807, 2.05) is 42.5 Å². The number of anilines is 1. The Bertz CT molecular complexity index is 993. The molecule has 148 valence electrons. The van der Waals surface area contributed by atoms with E-state index in [1.165, 1.54) is 24.3 Å². The summed E-state index contributed by atoms with van der Waals surface area (Å²) in [5, 5.41) is 2.70. The second-order valence-electron chi connectivity index (χ2n) is 5.91. The van der Waals surface area contributed by atoms with Crippen molar-refractivity contribution in [3.05, 3.63) is 84.4 Å². The van der Waals surface area contributed by atoms with Crippen molar-refractivity contribution in [2.24, 2.45) is 0 Å². The zero-order valence-electron chi connectivity index (χ0n) is 15.2. The van der Waals surface area contributed by atoms with Gasteiger partial charge in [-0.1, -0.05) is 60.7 Å². The largest absolute Gasteiger partial charge is 0.452 e. The Morgan fingerprint density at radius 3 is 2.28 bits per heavy atom. The van der Waals surface area contributed by atoms with E-state index in [4.69, 9.17) is 4.74 Å². The number of halogens is 2. The molecule has 0 saturated carbocycles. The van der Waals surface area contributed by atoms with Crippen molar-refractivity contribution >= 4 is 17.6 Å². The van der Waals surface area contributed by atoms with Crippen molar-refractivity contribution in [2.75, 3.05) is 11.9 Å². The molecule has 1 amide bonds. The molecule has 0 heterocycles. The molecule has 3 aromatic rings. The van der Waals surface area contributed by atoms with Crippen LogP contribution in [0.5, 0.6) is 5.75 Å². The molecule has 0 atom stereocenters. The Balaban J connectivity index is 1.65. The fourth-order valence-electron chi connectivity index (χ4n) is 2.69. The van der Waals surface area contributed by atoms with E-state index in [0.29, 0.717) is 5.69 Å². The van der Waals surface area contributed by atoms with Gasteiger partial charge in [0, 0.05) is 11.3 Å². The number of ether oxygens (including phenoxy) is 2. The SMILES string of the molecule is O=C(COC(=O)c1ccccc1OC(F)F)Nc1ccccc1-c1ccccc1. The summed E-state index contributed by atoms with van der Waals surface area (Å²) < 4.78 is 34.2. The van der Waals surface area contributed by atoms with Crippen LogP contribution < -0.4 is 10.1 Å². The average molecular weight is 397 g/mol. The van der Waals surface area contributed by atoms with Gasteiger partial charge in [-0.15, -0.1) is 0 Å². The number of nitrogens with one attached hydrogen (secondary N) is 1. The maximum absolute atomic E-state index is 12.5. The van der Waals surface area contributed by atoms with E-state index in [2.05, 4.69) is 10.1 Å². The van der Waals surface area contributed by atoms with E-state index in [9.17, 15) is 18.4 Å². The monoisotopic (exact) mass is 397 g/mol. The molecular formula is C22H17F2NO4. The Kier molecular flexibility index (Phi) is 6.52. The van der Waals surface area contributed by atoms with Gasteiger partial charge in [-0.2, -0.15) is 8.78 Å². The van der Waals surface area contributed by atoms with Gasteiger partial charge in [0.15, 0.2) is 6.61 Å². The van der Waals surface area contributed by atoms with E-state index >= 15 is 0 Å². The van der Waals surface area contributed by atoms with Gasteiger partial charge in [0.25, 0.3) is 5.91 Å². The third-order valence-corrected chi connectivity index (χ3v) is 3.94. The Labute approximate surface area is 165 Å². The third kappa shape index (κ3) is 5.38. The predicted octanol–water partition coefficient (Wildman–Crippen LogP) is 4.75. The van der Waals surface area contributed by atoms with E-state index < -0.39 is 25.1 Å². The molecular weight excluding hydrogens is 380 g/mol. The molecule has 0 aliphatic rings. The van der Waals surface area contributed by atoms with Crippen LogP contribution in [0.4, 0.5) is 14.5 Å². The first-order valence-corrected chi connectivity index (χ1v) is 8.70. The van der Waals surface area contributed by atoms with Gasteiger partial charge in [0.05, 0.1) is 0 Å². The number of hydrogen-bond donors (Lipinski definition) is 1. The summed E-state index contributed by atoms with van der Waals surface area (Å²) in [6.45, 7) is -3.66. The van der Waals surface area contributed by atoms with Crippen LogP contribution in [-0.4, -0.2) is 25.1 Å². The van der Waals surface area contributed by atoms with Crippen LogP contribution >= 0.6 is 0 Å². The Morgan fingerprint density at radius 1 is 0.862 bits per heavy atom. The summed E-state index contributed by atoms with van der Waals surface area (Å²) in [7, 11) is 0. The number of rotatable bonds is 7. The summed E-state index contributed by atoms with van der Waals surface area (Å²) in [5.74, 6) is -1.82. The molecule has 29 heavy (non-hydrogen) atoms. The van der Waals surface area contributed by atoms with Crippen LogP contribution in [0, 0.1) is 0 Å². The van der Waals surface area contributed by atoms with Gasteiger partial charge < -0.3 is 14.8 Å². The summed E-state index contributed by atoms with van der Waals surface area (Å²) in [6, 6.07) is 22.1. The van der Waals surface area contributed by atoms with Gasteiger partial charge >= 0.3 is 12.6 Å². The molecule has 0 aromatic heterocycles. The van der Waals surface area contributed by atoms with Gasteiger partial charge in [-0.25, -0.2) is 4.79 Å². The first kappa shape index (κ1) is 20.0. The van der Waals surface area contributed by atoms with Crippen LogP contribution in [0.25, 0.3) is 11.1 Å². The second-order valence-corrected chi connectivity index (χ2v) is 5.91. The standard InChI is InChI=1S/C22H17F2NO4/c23-22(24)29-19-13-7-5-11-17(19)21(27)28-14-20(26)25-18-12-6-4-10-16(18)15-8-2-1-3-9-15/h1-13,22H,14H2,(H,25,26). The minimum Gasteiger partial charge on any atom is -0.452 e. The number of carbonyl (C=O) groups excluding carboxylic acids is 2. The number of carbonyl (C=O) groups is 2. The van der Waals surface area contributed by atoms with Crippen LogP contribution in [0.1, 0.15) is 10.4 Å². The topological polar surface area (TPSA) is 64.6 Å². The van der Waals surface area contributed by atoms with Crippen LogP contribution in [0.3, 0.4) is 0 Å². The number of para-hydroxylation sites is 2. The van der Waals surface area contributed by atoms with Crippen molar-refractivity contribution in [1.82, 2.24) is 0 Å². The maximum atomic E-state index is 12.5. The van der Waals surface area contributed by atoms with Crippen molar-refractivity contribution in [3.8, 4) is 16.9 Å². The van der Waals surface area contributed by atoms with Crippen molar-refractivity contribution in [3.63, 3.8) is 0 Å². The highest BCUT2D eigenvalue weighted by Gasteiger charge is 2.18. The predicted molar refractivity (Wildman–Crippen MR) is 104 cm³/mol. The number of hydrogen-bond acceptors (Lipinski definition) is 4. The summed E-state index contributed by atoms with van der Waals surface area (Å²) >= 11 is 0. The van der Waals surface area contributed by atoms with Gasteiger partial charge in [0.2, 0.25) is 0 Å². The number of alkyl halides is 2. The molecule has 0 fully saturated rings. The van der Waals surface area contributed by atoms with Crippen molar-refractivity contribution < 1.29 is 27.8 Å². The quantitative estimate of drug-likeness (QED) is 0.585. The van der Waals surface area contributed by atoms with E-state index in [-0.39, 0.29) is 11.3 Å². The molecule has 0 saturated heterocycles. The Morgan fingerprint density at radius 2 is 1.52 bits per heavy atom. The lowest BCUT2D eigenvalue weighted by atomic mass is 10.0.